The first kappa shape index (κ1) is 21.0. The van der Waals surface area contributed by atoms with Gasteiger partial charge in [-0.05, 0) is 51.5 Å². The Hall–Kier alpha value is -2.28. The predicted octanol–water partition coefficient (Wildman–Crippen LogP) is 3.82. The molecule has 146 valence electrons. The zero-order chi connectivity index (χ0) is 20.1. The molecule has 6 nitrogen and oxygen atoms in total. The first-order valence-electron chi connectivity index (χ1n) is 8.71. The van der Waals surface area contributed by atoms with E-state index in [9.17, 15) is 9.59 Å². The van der Waals surface area contributed by atoms with Crippen molar-refractivity contribution in [1.29, 1.82) is 0 Å². The van der Waals surface area contributed by atoms with Gasteiger partial charge in [0.1, 0.15) is 5.75 Å². The molecule has 0 saturated carbocycles. The third-order valence-corrected chi connectivity index (χ3v) is 4.99. The van der Waals surface area contributed by atoms with Crippen molar-refractivity contribution in [3.8, 4) is 5.75 Å². The Morgan fingerprint density at radius 2 is 1.56 bits per heavy atom. The number of rotatable bonds is 6. The van der Waals surface area contributed by atoms with Crippen LogP contribution in [0.2, 0.25) is 0 Å². The summed E-state index contributed by atoms with van der Waals surface area (Å²) in [4.78, 5) is 25.5. The molecule has 1 aromatic carbocycles. The largest absolute Gasteiger partial charge is 0.497 e. The van der Waals surface area contributed by atoms with E-state index >= 15 is 0 Å². The molecule has 2 rings (SSSR count). The molecule has 0 spiro atoms. The molecule has 1 N–H and O–H groups in total. The molecule has 0 aromatic heterocycles. The lowest BCUT2D eigenvalue weighted by Gasteiger charge is -2.31. The summed E-state index contributed by atoms with van der Waals surface area (Å²) >= 11 is 3.54. The molecule has 1 aliphatic rings. The van der Waals surface area contributed by atoms with Gasteiger partial charge in [-0.25, -0.2) is 9.59 Å². The second-order valence-electron chi connectivity index (χ2n) is 5.96. The van der Waals surface area contributed by atoms with Crippen LogP contribution < -0.4 is 10.1 Å². The van der Waals surface area contributed by atoms with Gasteiger partial charge in [0.05, 0.1) is 37.4 Å². The molecular formula is C20H24BrNO5. The van der Waals surface area contributed by atoms with Crippen molar-refractivity contribution in [3.05, 3.63) is 50.8 Å². The van der Waals surface area contributed by atoms with Crippen LogP contribution in [-0.2, 0) is 19.1 Å². The van der Waals surface area contributed by atoms with Crippen LogP contribution in [0.15, 0.2) is 45.2 Å². The number of halogens is 1. The Morgan fingerprint density at radius 3 is 2.00 bits per heavy atom. The minimum atomic E-state index is -0.645. The van der Waals surface area contributed by atoms with E-state index in [0.717, 1.165) is 10.0 Å². The van der Waals surface area contributed by atoms with E-state index in [-0.39, 0.29) is 13.2 Å². The highest BCUT2D eigenvalue weighted by atomic mass is 79.9. The summed E-state index contributed by atoms with van der Waals surface area (Å²) < 4.78 is 16.6. The van der Waals surface area contributed by atoms with Gasteiger partial charge < -0.3 is 19.5 Å². The standard InChI is InChI=1S/C20H24BrNO5/c1-6-26-19(23)16-11(3)22-12(4)17(20(24)27-7-2)18(16)14-10-13(25-5)8-9-15(14)21/h8-10,18,22H,6-7H2,1-5H3. The molecule has 0 saturated heterocycles. The Bertz CT molecular complexity index is 773. The van der Waals surface area contributed by atoms with E-state index in [0.29, 0.717) is 28.3 Å². The molecule has 1 heterocycles. The Labute approximate surface area is 167 Å². The molecule has 0 aliphatic carbocycles. The lowest BCUT2D eigenvalue weighted by molar-refractivity contribution is -0.139. The maximum absolute atomic E-state index is 12.7. The van der Waals surface area contributed by atoms with Crippen molar-refractivity contribution < 1.29 is 23.8 Å². The van der Waals surface area contributed by atoms with Crippen LogP contribution in [0.25, 0.3) is 0 Å². The Morgan fingerprint density at radius 1 is 1.04 bits per heavy atom. The van der Waals surface area contributed by atoms with Gasteiger partial charge in [-0.15, -0.1) is 0 Å². The zero-order valence-corrected chi connectivity index (χ0v) is 17.7. The fourth-order valence-electron chi connectivity index (χ4n) is 3.13. The average Bonchev–Trinajstić information content (AvgIpc) is 2.61. The number of carbonyl (C=O) groups excluding carboxylic acids is 2. The second-order valence-corrected chi connectivity index (χ2v) is 6.82. The topological polar surface area (TPSA) is 73.9 Å². The van der Waals surface area contributed by atoms with Gasteiger partial charge in [-0.3, -0.25) is 0 Å². The van der Waals surface area contributed by atoms with Crippen LogP contribution in [0.5, 0.6) is 5.75 Å². The number of carbonyl (C=O) groups is 2. The van der Waals surface area contributed by atoms with E-state index < -0.39 is 17.9 Å². The third kappa shape index (κ3) is 4.35. The van der Waals surface area contributed by atoms with Gasteiger partial charge in [0, 0.05) is 15.9 Å². The molecule has 0 fully saturated rings. The predicted molar refractivity (Wildman–Crippen MR) is 105 cm³/mol. The van der Waals surface area contributed by atoms with Crippen LogP contribution in [-0.4, -0.2) is 32.3 Å². The van der Waals surface area contributed by atoms with Crippen molar-refractivity contribution >= 4 is 27.9 Å². The number of allylic oxidation sites excluding steroid dienone is 2. The number of dihydropyridines is 1. The zero-order valence-electron chi connectivity index (χ0n) is 16.1. The first-order valence-corrected chi connectivity index (χ1v) is 9.51. The van der Waals surface area contributed by atoms with Crippen LogP contribution in [0, 0.1) is 0 Å². The molecule has 1 aromatic rings. The van der Waals surface area contributed by atoms with Gasteiger partial charge in [0.25, 0.3) is 0 Å². The highest BCUT2D eigenvalue weighted by Gasteiger charge is 2.38. The maximum Gasteiger partial charge on any atom is 0.336 e. The molecule has 7 heteroatoms. The van der Waals surface area contributed by atoms with Crippen LogP contribution >= 0.6 is 15.9 Å². The first-order chi connectivity index (χ1) is 12.8. The Balaban J connectivity index is 2.72. The highest BCUT2D eigenvalue weighted by molar-refractivity contribution is 9.10. The number of esters is 2. The van der Waals surface area contributed by atoms with Gasteiger partial charge in [0.2, 0.25) is 0 Å². The summed E-state index contributed by atoms with van der Waals surface area (Å²) in [6, 6.07) is 5.43. The van der Waals surface area contributed by atoms with Crippen LogP contribution in [0.3, 0.4) is 0 Å². The SMILES string of the molecule is CCOC(=O)C1=C(C)NC(C)=C(C(=O)OCC)C1c1cc(OC)ccc1Br. The summed E-state index contributed by atoms with van der Waals surface area (Å²) in [5.74, 6) is -0.977. The minimum Gasteiger partial charge on any atom is -0.497 e. The molecular weight excluding hydrogens is 414 g/mol. The maximum atomic E-state index is 12.7. The van der Waals surface area contributed by atoms with Crippen molar-refractivity contribution in [2.75, 3.05) is 20.3 Å². The summed E-state index contributed by atoms with van der Waals surface area (Å²) in [5, 5.41) is 3.12. The molecule has 27 heavy (non-hydrogen) atoms. The number of methoxy groups -OCH3 is 1. The monoisotopic (exact) mass is 437 g/mol. The summed E-state index contributed by atoms with van der Waals surface area (Å²) in [5.41, 5.74) is 2.75. The van der Waals surface area contributed by atoms with Gasteiger partial charge >= 0.3 is 11.9 Å². The number of nitrogens with one attached hydrogen (secondary N) is 1. The van der Waals surface area contributed by atoms with E-state index in [1.54, 1.807) is 46.9 Å². The normalized spacial score (nSPS) is 14.7. The lowest BCUT2D eigenvalue weighted by Crippen LogP contribution is -2.32. The van der Waals surface area contributed by atoms with Crippen LogP contribution in [0.1, 0.15) is 39.2 Å². The van der Waals surface area contributed by atoms with Gasteiger partial charge in [-0.2, -0.15) is 0 Å². The Kier molecular flexibility index (Phi) is 7.07. The number of benzene rings is 1. The molecule has 0 amide bonds. The third-order valence-electron chi connectivity index (χ3n) is 4.27. The van der Waals surface area contributed by atoms with E-state index in [4.69, 9.17) is 14.2 Å². The fraction of sp³-hybridized carbons (Fsp3) is 0.400. The molecule has 0 unspecified atom stereocenters. The molecule has 0 atom stereocenters. The fourth-order valence-corrected chi connectivity index (χ4v) is 3.61. The van der Waals surface area contributed by atoms with Crippen molar-refractivity contribution in [3.63, 3.8) is 0 Å². The minimum absolute atomic E-state index is 0.235. The highest BCUT2D eigenvalue weighted by Crippen LogP contribution is 2.43. The average molecular weight is 438 g/mol. The van der Waals surface area contributed by atoms with Gasteiger partial charge in [0.15, 0.2) is 0 Å². The van der Waals surface area contributed by atoms with E-state index in [1.807, 2.05) is 6.07 Å². The molecule has 0 radical (unpaired) electrons. The van der Waals surface area contributed by atoms with Crippen molar-refractivity contribution in [2.24, 2.45) is 0 Å². The van der Waals surface area contributed by atoms with Crippen LogP contribution in [0.4, 0.5) is 0 Å². The van der Waals surface area contributed by atoms with Crippen molar-refractivity contribution in [1.82, 2.24) is 5.32 Å². The quantitative estimate of drug-likeness (QED) is 0.681. The smallest absolute Gasteiger partial charge is 0.336 e. The number of ether oxygens (including phenoxy) is 3. The molecule has 1 aliphatic heterocycles. The summed E-state index contributed by atoms with van der Waals surface area (Å²) in [6.07, 6.45) is 0. The molecule has 0 bridgehead atoms. The summed E-state index contributed by atoms with van der Waals surface area (Å²) in [6.45, 7) is 7.54. The van der Waals surface area contributed by atoms with Gasteiger partial charge in [-0.1, -0.05) is 15.9 Å². The summed E-state index contributed by atoms with van der Waals surface area (Å²) in [7, 11) is 1.57. The lowest BCUT2D eigenvalue weighted by atomic mass is 9.80. The van der Waals surface area contributed by atoms with E-state index in [2.05, 4.69) is 21.2 Å². The number of hydrogen-bond acceptors (Lipinski definition) is 6. The second kappa shape index (κ2) is 9.08. The van der Waals surface area contributed by atoms with Crippen molar-refractivity contribution in [2.45, 2.75) is 33.6 Å². The van der Waals surface area contributed by atoms with E-state index in [1.165, 1.54) is 0 Å². The number of hydrogen-bond donors (Lipinski definition) is 1.